The quantitative estimate of drug-likeness (QED) is 0.648. The molecule has 0 saturated carbocycles. The zero-order valence-electron chi connectivity index (χ0n) is 6.59. The summed E-state index contributed by atoms with van der Waals surface area (Å²) in [5, 5.41) is 0. The van der Waals surface area contributed by atoms with Crippen LogP contribution in [-0.4, -0.2) is 12.7 Å². The van der Waals surface area contributed by atoms with Crippen LogP contribution in [0.5, 0.6) is 0 Å². The van der Waals surface area contributed by atoms with Crippen molar-refractivity contribution in [3.8, 4) is 0 Å². The number of alkyl halides is 1. The fraction of sp³-hybridized carbons (Fsp3) is 0.556. The molecule has 0 bridgehead atoms. The molecule has 0 aromatic carbocycles. The molecular formula is C9H14FN. The van der Waals surface area contributed by atoms with E-state index in [4.69, 9.17) is 5.73 Å². The summed E-state index contributed by atoms with van der Waals surface area (Å²) in [6, 6.07) is 0. The topological polar surface area (TPSA) is 26.0 Å². The first kappa shape index (κ1) is 8.47. The van der Waals surface area contributed by atoms with Crippen LogP contribution in [-0.2, 0) is 0 Å². The second-order valence-corrected chi connectivity index (χ2v) is 2.77. The number of nitrogens with two attached hydrogens (primary N) is 1. The monoisotopic (exact) mass is 155 g/mol. The smallest absolute Gasteiger partial charge is 0.134 e. The molecule has 2 N–H and O–H groups in total. The second-order valence-electron chi connectivity index (χ2n) is 2.77. The highest BCUT2D eigenvalue weighted by atomic mass is 19.1. The lowest BCUT2D eigenvalue weighted by molar-refractivity contribution is 0.380. The Morgan fingerprint density at radius 2 is 2.45 bits per heavy atom. The third-order valence-corrected chi connectivity index (χ3v) is 1.89. The average molecular weight is 155 g/mol. The Balaban J connectivity index is 2.55. The van der Waals surface area contributed by atoms with Crippen molar-refractivity contribution >= 4 is 0 Å². The van der Waals surface area contributed by atoms with Gasteiger partial charge in [-0.15, -0.1) is 0 Å². The van der Waals surface area contributed by atoms with Gasteiger partial charge in [-0.25, -0.2) is 4.39 Å². The minimum Gasteiger partial charge on any atom is -0.327 e. The first-order chi connectivity index (χ1) is 5.34. The van der Waals surface area contributed by atoms with E-state index in [0.717, 1.165) is 24.8 Å². The zero-order valence-corrected chi connectivity index (χ0v) is 6.59. The summed E-state index contributed by atoms with van der Waals surface area (Å²) in [6.45, 7) is 0.111. The van der Waals surface area contributed by atoms with Gasteiger partial charge in [-0.05, 0) is 24.8 Å². The molecule has 1 nitrogen and oxygen atoms in total. The molecule has 0 amide bonds. The maximum Gasteiger partial charge on any atom is 0.134 e. The number of hydrogen-bond acceptors (Lipinski definition) is 1. The molecule has 0 saturated heterocycles. The minimum atomic E-state index is -0.933. The van der Waals surface area contributed by atoms with E-state index in [0.29, 0.717) is 0 Å². The molecule has 0 aromatic rings. The van der Waals surface area contributed by atoms with E-state index < -0.39 is 6.17 Å². The molecule has 1 rings (SSSR count). The maximum absolute atomic E-state index is 13.0. The Morgan fingerprint density at radius 1 is 1.64 bits per heavy atom. The van der Waals surface area contributed by atoms with Crippen LogP contribution in [0.25, 0.3) is 0 Å². The molecule has 1 aliphatic rings. The van der Waals surface area contributed by atoms with Crippen molar-refractivity contribution in [1.29, 1.82) is 0 Å². The molecule has 0 aliphatic heterocycles. The van der Waals surface area contributed by atoms with Gasteiger partial charge >= 0.3 is 0 Å². The van der Waals surface area contributed by atoms with Gasteiger partial charge in [0.2, 0.25) is 0 Å². The third-order valence-electron chi connectivity index (χ3n) is 1.89. The molecule has 11 heavy (non-hydrogen) atoms. The Hall–Kier alpha value is -0.630. The number of rotatable bonds is 2. The van der Waals surface area contributed by atoms with Crippen LogP contribution in [0.3, 0.4) is 0 Å². The van der Waals surface area contributed by atoms with Crippen molar-refractivity contribution in [2.45, 2.75) is 25.4 Å². The van der Waals surface area contributed by atoms with Crippen molar-refractivity contribution in [1.82, 2.24) is 0 Å². The van der Waals surface area contributed by atoms with Crippen LogP contribution in [0.4, 0.5) is 4.39 Å². The predicted octanol–water partition coefficient (Wildman–Crippen LogP) is 1.95. The summed E-state index contributed by atoms with van der Waals surface area (Å²) in [7, 11) is 0. The SMILES string of the molecule is NCC(F)C1=CC=CCCC1. The fourth-order valence-electron chi connectivity index (χ4n) is 1.21. The lowest BCUT2D eigenvalue weighted by Crippen LogP contribution is -2.17. The minimum absolute atomic E-state index is 0.111. The van der Waals surface area contributed by atoms with Crippen LogP contribution in [0.2, 0.25) is 0 Å². The second kappa shape index (κ2) is 4.29. The molecule has 0 spiro atoms. The van der Waals surface area contributed by atoms with Gasteiger partial charge in [0, 0.05) is 6.54 Å². The lowest BCUT2D eigenvalue weighted by atomic mass is 10.1. The van der Waals surface area contributed by atoms with Crippen molar-refractivity contribution < 1.29 is 4.39 Å². The Labute approximate surface area is 66.8 Å². The van der Waals surface area contributed by atoms with Gasteiger partial charge in [0.25, 0.3) is 0 Å². The first-order valence-corrected chi connectivity index (χ1v) is 4.04. The van der Waals surface area contributed by atoms with E-state index in [1.165, 1.54) is 0 Å². The summed E-state index contributed by atoms with van der Waals surface area (Å²) in [4.78, 5) is 0. The van der Waals surface area contributed by atoms with Crippen LogP contribution >= 0.6 is 0 Å². The summed E-state index contributed by atoms with van der Waals surface area (Å²) in [5.41, 5.74) is 6.06. The summed E-state index contributed by atoms with van der Waals surface area (Å²) >= 11 is 0. The summed E-state index contributed by atoms with van der Waals surface area (Å²) in [6.07, 6.45) is 7.86. The van der Waals surface area contributed by atoms with Crippen LogP contribution in [0.1, 0.15) is 19.3 Å². The Kier molecular flexibility index (Phi) is 3.30. The standard InChI is InChI=1S/C9H14FN/c10-9(7-11)8-5-3-1-2-4-6-8/h1,3,5,9H,2,4,6-7,11H2. The molecule has 1 unspecified atom stereocenters. The number of halogens is 1. The lowest BCUT2D eigenvalue weighted by Gasteiger charge is -2.07. The highest BCUT2D eigenvalue weighted by molar-refractivity contribution is 5.18. The molecule has 0 heterocycles. The molecule has 1 atom stereocenters. The van der Waals surface area contributed by atoms with Gasteiger partial charge in [0.15, 0.2) is 0 Å². The third kappa shape index (κ3) is 2.46. The van der Waals surface area contributed by atoms with E-state index in [1.54, 1.807) is 0 Å². The van der Waals surface area contributed by atoms with Crippen LogP contribution in [0, 0.1) is 0 Å². The van der Waals surface area contributed by atoms with E-state index in [1.807, 2.05) is 12.2 Å². The highest BCUT2D eigenvalue weighted by Crippen LogP contribution is 2.17. The predicted molar refractivity (Wildman–Crippen MR) is 45.0 cm³/mol. The molecular weight excluding hydrogens is 141 g/mol. The van der Waals surface area contributed by atoms with Crippen molar-refractivity contribution in [2.75, 3.05) is 6.54 Å². The molecule has 1 aliphatic carbocycles. The normalized spacial score (nSPS) is 20.7. The highest BCUT2D eigenvalue weighted by Gasteiger charge is 2.10. The largest absolute Gasteiger partial charge is 0.327 e. The Morgan fingerprint density at radius 3 is 3.18 bits per heavy atom. The number of allylic oxidation sites excluding steroid dienone is 3. The maximum atomic E-state index is 13.0. The summed E-state index contributed by atoms with van der Waals surface area (Å²) < 4.78 is 13.0. The van der Waals surface area contributed by atoms with Crippen molar-refractivity contribution in [2.24, 2.45) is 5.73 Å². The molecule has 0 fully saturated rings. The van der Waals surface area contributed by atoms with Crippen LogP contribution in [0.15, 0.2) is 23.8 Å². The molecule has 0 radical (unpaired) electrons. The Bertz CT molecular complexity index is 172. The van der Waals surface area contributed by atoms with Gasteiger partial charge in [-0.1, -0.05) is 18.2 Å². The van der Waals surface area contributed by atoms with Crippen LogP contribution < -0.4 is 5.73 Å². The fourth-order valence-corrected chi connectivity index (χ4v) is 1.21. The van der Waals surface area contributed by atoms with Crippen molar-refractivity contribution in [3.05, 3.63) is 23.8 Å². The average Bonchev–Trinajstić information content (AvgIpc) is 2.30. The van der Waals surface area contributed by atoms with Gasteiger partial charge in [-0.3, -0.25) is 0 Å². The number of hydrogen-bond donors (Lipinski definition) is 1. The van der Waals surface area contributed by atoms with Gasteiger partial charge in [0.1, 0.15) is 6.17 Å². The van der Waals surface area contributed by atoms with Gasteiger partial charge < -0.3 is 5.73 Å². The first-order valence-electron chi connectivity index (χ1n) is 4.04. The van der Waals surface area contributed by atoms with Gasteiger partial charge in [-0.2, -0.15) is 0 Å². The van der Waals surface area contributed by atoms with Gasteiger partial charge in [0.05, 0.1) is 0 Å². The van der Waals surface area contributed by atoms with E-state index in [-0.39, 0.29) is 6.54 Å². The molecule has 2 heteroatoms. The van der Waals surface area contributed by atoms with Crippen molar-refractivity contribution in [3.63, 3.8) is 0 Å². The van der Waals surface area contributed by atoms with E-state index >= 15 is 0 Å². The zero-order chi connectivity index (χ0) is 8.10. The molecule has 0 aromatic heterocycles. The summed E-state index contributed by atoms with van der Waals surface area (Å²) in [5.74, 6) is 0. The van der Waals surface area contributed by atoms with E-state index in [9.17, 15) is 4.39 Å². The van der Waals surface area contributed by atoms with E-state index in [2.05, 4.69) is 6.08 Å². The molecule has 62 valence electrons.